The molecule has 0 heteroatoms. The van der Waals surface area contributed by atoms with Gasteiger partial charge in [-0.3, -0.25) is 0 Å². The minimum atomic E-state index is 0.793. The smallest absolute Gasteiger partial charge is 0.0134 e. The van der Waals surface area contributed by atoms with E-state index in [0.29, 0.717) is 0 Å². The van der Waals surface area contributed by atoms with E-state index < -0.39 is 0 Å². The number of hydrogen-bond acceptors (Lipinski definition) is 0. The molecule has 0 N–H and O–H groups in total. The highest BCUT2D eigenvalue weighted by Gasteiger charge is 2.15. The number of hydrogen-bond donors (Lipinski definition) is 0. The van der Waals surface area contributed by atoms with Crippen LogP contribution in [0.2, 0.25) is 0 Å². The fraction of sp³-hybridized carbons (Fsp3) is 0.667. The average molecular weight is 203 g/mol. The Hall–Kier alpha value is -0.520. The molecule has 2 aliphatic carbocycles. The molecule has 0 spiro atoms. The lowest BCUT2D eigenvalue weighted by Crippen LogP contribution is -2.08. The molecule has 2 saturated carbocycles. The highest BCUT2D eigenvalue weighted by Crippen LogP contribution is 2.31. The van der Waals surface area contributed by atoms with E-state index in [1.807, 2.05) is 0 Å². The molecule has 0 heterocycles. The maximum Gasteiger partial charge on any atom is -0.0134 e. The first-order valence-corrected chi connectivity index (χ1v) is 6.59. The van der Waals surface area contributed by atoms with E-state index in [1.165, 1.54) is 63.4 Å². The third kappa shape index (κ3) is 3.22. The minimum absolute atomic E-state index is 0.793. The first-order chi connectivity index (χ1) is 7.36. The van der Waals surface area contributed by atoms with Crippen LogP contribution < -0.4 is 0 Å². The Kier molecular flexibility index (Phi) is 4.05. The summed E-state index contributed by atoms with van der Waals surface area (Å²) in [5.74, 6) is 0.793. The largest absolute Gasteiger partial charge is 0.0956 e. The van der Waals surface area contributed by atoms with Gasteiger partial charge in [0.25, 0.3) is 0 Å². The van der Waals surface area contributed by atoms with Gasteiger partial charge >= 0.3 is 0 Å². The Morgan fingerprint density at radius 3 is 2.60 bits per heavy atom. The second-order valence-corrected chi connectivity index (χ2v) is 5.08. The van der Waals surface area contributed by atoms with Crippen molar-refractivity contribution in [1.29, 1.82) is 0 Å². The lowest BCUT2D eigenvalue weighted by Gasteiger charge is -2.23. The van der Waals surface area contributed by atoms with Gasteiger partial charge in [-0.25, -0.2) is 0 Å². The fourth-order valence-corrected chi connectivity index (χ4v) is 2.82. The zero-order valence-corrected chi connectivity index (χ0v) is 9.80. The molecule has 2 aliphatic rings. The van der Waals surface area contributed by atoms with Crippen LogP contribution in [-0.4, -0.2) is 0 Å². The highest BCUT2D eigenvalue weighted by atomic mass is 14.2. The van der Waals surface area contributed by atoms with Crippen LogP contribution in [0.15, 0.2) is 23.8 Å². The van der Waals surface area contributed by atoms with Gasteiger partial charge in [0.15, 0.2) is 0 Å². The molecule has 83 valence electrons. The molecular formula is C15H23. The van der Waals surface area contributed by atoms with Crippen molar-refractivity contribution < 1.29 is 0 Å². The minimum Gasteiger partial charge on any atom is -0.0956 e. The maximum absolute atomic E-state index is 4.28. The molecule has 0 bridgehead atoms. The fourth-order valence-electron chi connectivity index (χ4n) is 2.82. The zero-order valence-electron chi connectivity index (χ0n) is 9.80. The van der Waals surface area contributed by atoms with Gasteiger partial charge in [0.2, 0.25) is 0 Å². The van der Waals surface area contributed by atoms with Crippen LogP contribution in [0, 0.1) is 12.3 Å². The summed E-state index contributed by atoms with van der Waals surface area (Å²) in [5, 5.41) is 0. The molecule has 0 atom stereocenters. The van der Waals surface area contributed by atoms with E-state index in [-0.39, 0.29) is 0 Å². The molecule has 0 aromatic heterocycles. The Bertz CT molecular complexity index is 233. The molecule has 2 rings (SSSR count). The van der Waals surface area contributed by atoms with Gasteiger partial charge in [-0.05, 0) is 44.4 Å². The standard InChI is InChI=1S/C15H23/c1-13(15-10-6-3-7-11-15)12-14-8-4-2-5-9-14/h8,12,15H,1-7,9-11H2. The third-order valence-corrected chi connectivity index (χ3v) is 3.83. The van der Waals surface area contributed by atoms with Gasteiger partial charge in [0.1, 0.15) is 0 Å². The normalized spacial score (nSPS) is 26.8. The Morgan fingerprint density at radius 2 is 1.93 bits per heavy atom. The second-order valence-electron chi connectivity index (χ2n) is 5.08. The zero-order chi connectivity index (χ0) is 10.5. The summed E-state index contributed by atoms with van der Waals surface area (Å²) in [6, 6.07) is 0. The van der Waals surface area contributed by atoms with E-state index in [4.69, 9.17) is 0 Å². The van der Waals surface area contributed by atoms with Gasteiger partial charge in [-0.15, -0.1) is 0 Å². The van der Waals surface area contributed by atoms with Crippen molar-refractivity contribution in [2.75, 3.05) is 0 Å². The monoisotopic (exact) mass is 203 g/mol. The topological polar surface area (TPSA) is 0 Å². The van der Waals surface area contributed by atoms with Crippen LogP contribution in [0.1, 0.15) is 57.8 Å². The molecule has 2 fully saturated rings. The summed E-state index contributed by atoms with van der Waals surface area (Å²) < 4.78 is 0. The third-order valence-electron chi connectivity index (χ3n) is 3.83. The van der Waals surface area contributed by atoms with Gasteiger partial charge < -0.3 is 0 Å². The van der Waals surface area contributed by atoms with Crippen LogP contribution in [-0.2, 0) is 0 Å². The van der Waals surface area contributed by atoms with Crippen molar-refractivity contribution in [2.24, 2.45) is 5.92 Å². The number of rotatable bonds is 2. The highest BCUT2D eigenvalue weighted by molar-refractivity contribution is 5.28. The summed E-state index contributed by atoms with van der Waals surface area (Å²) in [6.07, 6.45) is 17.1. The average Bonchev–Trinajstić information content (AvgIpc) is 2.31. The lowest BCUT2D eigenvalue weighted by atomic mass is 9.82. The summed E-state index contributed by atoms with van der Waals surface area (Å²) in [6.45, 7) is 4.28. The molecule has 15 heavy (non-hydrogen) atoms. The van der Waals surface area contributed by atoms with Crippen molar-refractivity contribution in [3.63, 3.8) is 0 Å². The Morgan fingerprint density at radius 1 is 1.13 bits per heavy atom. The number of allylic oxidation sites excluding steroid dienone is 3. The Balaban J connectivity index is 1.88. The summed E-state index contributed by atoms with van der Waals surface area (Å²) in [7, 11) is 0. The van der Waals surface area contributed by atoms with Crippen molar-refractivity contribution in [1.82, 2.24) is 0 Å². The molecule has 1 radical (unpaired) electrons. The van der Waals surface area contributed by atoms with Gasteiger partial charge in [0, 0.05) is 0 Å². The van der Waals surface area contributed by atoms with Crippen molar-refractivity contribution in [3.05, 3.63) is 30.2 Å². The first kappa shape index (κ1) is 11.0. The lowest BCUT2D eigenvalue weighted by molar-refractivity contribution is 0.408. The van der Waals surface area contributed by atoms with E-state index in [9.17, 15) is 0 Å². The quantitative estimate of drug-likeness (QED) is 0.603. The molecule has 0 unspecified atom stereocenters. The molecule has 0 aromatic rings. The molecule has 0 amide bonds. The van der Waals surface area contributed by atoms with Crippen LogP contribution >= 0.6 is 0 Å². The van der Waals surface area contributed by atoms with Crippen molar-refractivity contribution in [3.8, 4) is 0 Å². The van der Waals surface area contributed by atoms with E-state index in [2.05, 4.69) is 19.1 Å². The molecule has 0 aliphatic heterocycles. The predicted octanol–water partition coefficient (Wildman–Crippen LogP) is 4.83. The molecular weight excluding hydrogens is 180 g/mol. The van der Waals surface area contributed by atoms with Crippen molar-refractivity contribution in [2.45, 2.75) is 57.8 Å². The van der Waals surface area contributed by atoms with Gasteiger partial charge in [0.05, 0.1) is 0 Å². The Labute approximate surface area is 94.5 Å². The summed E-state index contributed by atoms with van der Waals surface area (Å²) >= 11 is 0. The molecule has 0 nitrogen and oxygen atoms in total. The van der Waals surface area contributed by atoms with Crippen LogP contribution in [0.25, 0.3) is 0 Å². The first-order valence-electron chi connectivity index (χ1n) is 6.59. The molecule has 0 aromatic carbocycles. The van der Waals surface area contributed by atoms with Crippen LogP contribution in [0.4, 0.5) is 0 Å². The molecule has 0 saturated heterocycles. The summed E-state index contributed by atoms with van der Waals surface area (Å²) in [5.41, 5.74) is 2.96. The predicted molar refractivity (Wildman–Crippen MR) is 66.6 cm³/mol. The van der Waals surface area contributed by atoms with Crippen LogP contribution in [0.3, 0.4) is 0 Å². The van der Waals surface area contributed by atoms with Crippen LogP contribution in [0.5, 0.6) is 0 Å². The van der Waals surface area contributed by atoms with E-state index >= 15 is 0 Å². The summed E-state index contributed by atoms with van der Waals surface area (Å²) in [4.78, 5) is 0. The maximum atomic E-state index is 4.28. The SMILES string of the molecule is C=C(C=C1[CH]CCCC1)C1CCCCC1. The van der Waals surface area contributed by atoms with Gasteiger partial charge in [-0.2, -0.15) is 0 Å². The van der Waals surface area contributed by atoms with Crippen molar-refractivity contribution >= 4 is 0 Å². The van der Waals surface area contributed by atoms with Gasteiger partial charge in [-0.1, -0.05) is 49.5 Å². The van der Waals surface area contributed by atoms with E-state index in [0.717, 1.165) is 5.92 Å². The second kappa shape index (κ2) is 5.53. The van der Waals surface area contributed by atoms with E-state index in [1.54, 1.807) is 5.57 Å².